The number of allylic oxidation sites excluding steroid dienone is 1. The number of thiazole rings is 1. The van der Waals surface area contributed by atoms with Gasteiger partial charge in [0.15, 0.2) is 16.6 Å². The second-order valence-corrected chi connectivity index (χ2v) is 12.9. The summed E-state index contributed by atoms with van der Waals surface area (Å²) in [4.78, 5) is 31.5. The maximum Gasteiger partial charge on any atom is 0.346 e. The first-order valence-corrected chi connectivity index (χ1v) is 16.4. The highest BCUT2D eigenvalue weighted by atomic mass is 32.2. The van der Waals surface area contributed by atoms with Crippen LogP contribution in [0.3, 0.4) is 0 Å². The second kappa shape index (κ2) is 11.8. The van der Waals surface area contributed by atoms with E-state index in [1.54, 1.807) is 23.1 Å². The molecule has 0 bridgehead atoms. The highest BCUT2D eigenvalue weighted by Crippen LogP contribution is 2.48. The number of benzene rings is 3. The summed E-state index contributed by atoms with van der Waals surface area (Å²) in [5, 5.41) is 10.3. The number of aromatic nitrogens is 5. The lowest BCUT2D eigenvalue weighted by Gasteiger charge is -2.32. The Morgan fingerprint density at radius 3 is 2.60 bits per heavy atom. The van der Waals surface area contributed by atoms with E-state index in [-0.39, 0.29) is 5.97 Å². The zero-order valence-electron chi connectivity index (χ0n) is 23.4. The van der Waals surface area contributed by atoms with Gasteiger partial charge < -0.3 is 4.74 Å². The van der Waals surface area contributed by atoms with Crippen LogP contribution in [0.4, 0.5) is 11.5 Å². The first kappa shape index (κ1) is 27.6. The number of hydrogen-bond acceptors (Lipinski definition) is 10. The molecule has 6 aromatic rings. The van der Waals surface area contributed by atoms with Gasteiger partial charge >= 0.3 is 5.97 Å². The fourth-order valence-electron chi connectivity index (χ4n) is 5.02. The number of nitrogens with zero attached hydrogens (tertiary/aromatic N) is 5. The minimum Gasteiger partial charge on any atom is -0.462 e. The van der Waals surface area contributed by atoms with Crippen molar-refractivity contribution in [1.82, 2.24) is 25.1 Å². The molecule has 0 unspecified atom stereocenters. The molecule has 1 aliphatic heterocycles. The van der Waals surface area contributed by atoms with Crippen LogP contribution < -0.4 is 4.90 Å². The number of aromatic amines is 1. The molecule has 0 saturated heterocycles. The number of carbonyl (C=O) groups is 1. The fourth-order valence-corrected chi connectivity index (χ4v) is 7.80. The molecule has 3 aromatic carbocycles. The number of carbonyl (C=O) groups excluding carboxylic acids is 1. The third-order valence-electron chi connectivity index (χ3n) is 6.98. The molecule has 7 rings (SSSR count). The Morgan fingerprint density at radius 1 is 0.977 bits per heavy atom. The molecule has 3 aromatic heterocycles. The third kappa shape index (κ3) is 5.39. The molecule has 0 spiro atoms. The molecular weight excluding hydrogens is 597 g/mol. The van der Waals surface area contributed by atoms with Crippen LogP contribution in [0.25, 0.3) is 21.3 Å². The van der Waals surface area contributed by atoms with Gasteiger partial charge in [0.1, 0.15) is 4.91 Å². The molecule has 1 N–H and O–H groups in total. The molecule has 1 aliphatic rings. The first-order valence-electron chi connectivity index (χ1n) is 13.8. The van der Waals surface area contributed by atoms with Gasteiger partial charge in [-0.15, -0.1) is 11.3 Å². The second-order valence-electron chi connectivity index (χ2n) is 9.80. The van der Waals surface area contributed by atoms with E-state index < -0.39 is 0 Å². The van der Waals surface area contributed by atoms with Crippen LogP contribution in [0.5, 0.6) is 0 Å². The van der Waals surface area contributed by atoms with Crippen molar-refractivity contribution in [2.75, 3.05) is 11.5 Å². The average molecular weight is 623 g/mol. The molecule has 214 valence electrons. The minimum absolute atomic E-state index is 0.296. The van der Waals surface area contributed by atoms with E-state index in [0.717, 1.165) is 42.6 Å². The van der Waals surface area contributed by atoms with Crippen molar-refractivity contribution in [3.8, 4) is 0 Å². The van der Waals surface area contributed by atoms with Crippen molar-refractivity contribution in [2.24, 2.45) is 0 Å². The van der Waals surface area contributed by atoms with Gasteiger partial charge in [0.05, 0.1) is 38.6 Å². The van der Waals surface area contributed by atoms with Crippen LogP contribution in [0.15, 0.2) is 99.5 Å². The summed E-state index contributed by atoms with van der Waals surface area (Å²) in [7, 11) is 0. The predicted octanol–water partition coefficient (Wildman–Crippen LogP) is 7.88. The van der Waals surface area contributed by atoms with Gasteiger partial charge in [0.25, 0.3) is 0 Å². The zero-order chi connectivity index (χ0) is 29.3. The molecule has 0 atom stereocenters. The molecule has 4 heterocycles. The van der Waals surface area contributed by atoms with Crippen LogP contribution in [-0.4, -0.2) is 37.7 Å². The van der Waals surface area contributed by atoms with Gasteiger partial charge in [-0.2, -0.15) is 5.10 Å². The quantitative estimate of drug-likeness (QED) is 0.103. The topological polar surface area (TPSA) is 96.9 Å². The monoisotopic (exact) mass is 622 g/mol. The number of anilines is 2. The zero-order valence-corrected chi connectivity index (χ0v) is 25.9. The van der Waals surface area contributed by atoms with Crippen LogP contribution >= 0.6 is 34.9 Å². The van der Waals surface area contributed by atoms with Gasteiger partial charge in [-0.05, 0) is 43.7 Å². The van der Waals surface area contributed by atoms with Crippen molar-refractivity contribution in [1.29, 1.82) is 0 Å². The van der Waals surface area contributed by atoms with Crippen molar-refractivity contribution in [3.05, 3.63) is 106 Å². The predicted molar refractivity (Wildman–Crippen MR) is 174 cm³/mol. The normalized spacial score (nSPS) is 13.1. The molecule has 8 nitrogen and oxygen atoms in total. The van der Waals surface area contributed by atoms with Crippen molar-refractivity contribution in [2.45, 2.75) is 36.1 Å². The maximum atomic E-state index is 13.1. The number of para-hydroxylation sites is 2. The third-order valence-corrected chi connectivity index (χ3v) is 10.2. The van der Waals surface area contributed by atoms with Gasteiger partial charge in [-0.3, -0.25) is 10.00 Å². The number of esters is 1. The molecule has 0 saturated carbocycles. The molecule has 11 heteroatoms. The van der Waals surface area contributed by atoms with Crippen LogP contribution in [0.1, 0.15) is 30.1 Å². The molecule has 43 heavy (non-hydrogen) atoms. The largest absolute Gasteiger partial charge is 0.462 e. The summed E-state index contributed by atoms with van der Waals surface area (Å²) in [6, 6.07) is 26.4. The van der Waals surface area contributed by atoms with Gasteiger partial charge in [0, 0.05) is 22.8 Å². The van der Waals surface area contributed by atoms with E-state index >= 15 is 0 Å². The Hall–Kier alpha value is -4.19. The van der Waals surface area contributed by atoms with Crippen molar-refractivity contribution >= 4 is 73.6 Å². The summed E-state index contributed by atoms with van der Waals surface area (Å²) < 4.78 is 6.60. The number of thioether (sulfide) groups is 2. The Labute approximate surface area is 260 Å². The summed E-state index contributed by atoms with van der Waals surface area (Å²) in [6.45, 7) is 4.05. The summed E-state index contributed by atoms with van der Waals surface area (Å²) in [6.07, 6.45) is 0.542. The molecule has 0 fully saturated rings. The van der Waals surface area contributed by atoms with Crippen molar-refractivity contribution < 1.29 is 9.53 Å². The molecule has 0 aliphatic carbocycles. The Kier molecular flexibility index (Phi) is 7.60. The van der Waals surface area contributed by atoms with Gasteiger partial charge in [-0.1, -0.05) is 78.1 Å². The van der Waals surface area contributed by atoms with E-state index in [4.69, 9.17) is 19.7 Å². The van der Waals surface area contributed by atoms with Crippen molar-refractivity contribution in [3.63, 3.8) is 0 Å². The summed E-state index contributed by atoms with van der Waals surface area (Å²) in [5.41, 5.74) is 5.26. The highest BCUT2D eigenvalue weighted by Gasteiger charge is 2.32. The lowest BCUT2D eigenvalue weighted by molar-refractivity contribution is -0.137. The Morgan fingerprint density at radius 2 is 1.77 bits per heavy atom. The minimum atomic E-state index is -0.352. The Bertz CT molecular complexity index is 1970. The van der Waals surface area contributed by atoms with Crippen LogP contribution in [0, 0.1) is 0 Å². The standard InChI is InChI=1S/C32H26N6O2S3/c1-3-40-31(39)28-19(2)38(23-14-8-10-16-25(23)43-28)30-27-22(17-26-33-21-13-7-9-15-24(21)42-26)36-37-29(27)34-32(35-30)41-18-20-11-5-4-6-12-20/h4-16H,3,17-18H2,1-2H3,(H,34,35,36,37). The van der Waals surface area contributed by atoms with E-state index in [0.29, 0.717) is 40.3 Å². The van der Waals surface area contributed by atoms with Crippen LogP contribution in [-0.2, 0) is 21.7 Å². The Balaban J connectivity index is 1.39. The number of fused-ring (bicyclic) bond motifs is 3. The summed E-state index contributed by atoms with van der Waals surface area (Å²) >= 11 is 4.64. The smallest absolute Gasteiger partial charge is 0.346 e. The number of nitrogens with one attached hydrogen (secondary N) is 1. The van der Waals surface area contributed by atoms with E-state index in [2.05, 4.69) is 28.4 Å². The maximum absolute atomic E-state index is 13.1. The molecular formula is C32H26N6O2S3. The van der Waals surface area contributed by atoms with Crippen LogP contribution in [0.2, 0.25) is 0 Å². The summed E-state index contributed by atoms with van der Waals surface area (Å²) in [5.74, 6) is 1.03. The number of ether oxygens (including phenoxy) is 1. The van der Waals surface area contributed by atoms with E-state index in [1.807, 2.05) is 79.4 Å². The highest BCUT2D eigenvalue weighted by molar-refractivity contribution is 8.04. The van der Waals surface area contributed by atoms with E-state index in [1.165, 1.54) is 17.3 Å². The van der Waals surface area contributed by atoms with Gasteiger partial charge in [-0.25, -0.2) is 19.7 Å². The molecule has 0 amide bonds. The lowest BCUT2D eigenvalue weighted by Crippen LogP contribution is -2.24. The average Bonchev–Trinajstić information content (AvgIpc) is 3.63. The number of rotatable bonds is 8. The number of H-pyrrole nitrogens is 1. The fraction of sp³-hybridized carbons (Fsp3) is 0.156. The first-order chi connectivity index (χ1) is 21.1. The lowest BCUT2D eigenvalue weighted by atomic mass is 10.1. The van der Waals surface area contributed by atoms with E-state index in [9.17, 15) is 4.79 Å². The van der Waals surface area contributed by atoms with Gasteiger partial charge in [0.2, 0.25) is 0 Å². The SMILES string of the molecule is CCOC(=O)C1=C(C)N(c2nc(SCc3ccccc3)nc3n[nH]c(Cc4nc5ccccc5s4)c23)c2ccccc2S1. The molecule has 0 radical (unpaired) electrons. The number of hydrogen-bond donors (Lipinski definition) is 1.